The molecule has 0 saturated heterocycles. The summed E-state index contributed by atoms with van der Waals surface area (Å²) in [6.07, 6.45) is 7.15. The minimum absolute atomic E-state index is 0.470. The van der Waals surface area contributed by atoms with Gasteiger partial charge in [-0.05, 0) is 32.2 Å². The van der Waals surface area contributed by atoms with Crippen LogP contribution in [-0.2, 0) is 7.05 Å². The van der Waals surface area contributed by atoms with Crippen molar-refractivity contribution in [2.45, 2.75) is 59.4 Å². The molecule has 1 unspecified atom stereocenters. The summed E-state index contributed by atoms with van der Waals surface area (Å²) in [5.41, 5.74) is 2.53. The highest BCUT2D eigenvalue weighted by atomic mass is 15.3. The third-order valence-corrected chi connectivity index (χ3v) is 3.34. The van der Waals surface area contributed by atoms with Gasteiger partial charge in [-0.2, -0.15) is 5.10 Å². The van der Waals surface area contributed by atoms with E-state index < -0.39 is 0 Å². The van der Waals surface area contributed by atoms with Crippen molar-refractivity contribution < 1.29 is 0 Å². The average Bonchev–Trinajstić information content (AvgIpc) is 2.62. The molecule has 1 aromatic heterocycles. The fourth-order valence-corrected chi connectivity index (χ4v) is 2.38. The van der Waals surface area contributed by atoms with Gasteiger partial charge in [-0.1, -0.05) is 33.6 Å². The Labute approximate surface area is 112 Å². The average molecular weight is 251 g/mol. The molecule has 104 valence electrons. The third kappa shape index (κ3) is 4.81. The zero-order chi connectivity index (χ0) is 13.5. The number of aromatic nitrogens is 2. The number of hydrogen-bond acceptors (Lipinski definition) is 2. The van der Waals surface area contributed by atoms with Gasteiger partial charge in [-0.25, -0.2) is 0 Å². The maximum absolute atomic E-state index is 4.46. The maximum Gasteiger partial charge on any atom is 0.0641 e. The van der Waals surface area contributed by atoms with Crippen LogP contribution in [0.2, 0.25) is 0 Å². The lowest BCUT2D eigenvalue weighted by molar-refractivity contribution is 0.446. The summed E-state index contributed by atoms with van der Waals surface area (Å²) < 4.78 is 1.92. The lowest BCUT2D eigenvalue weighted by atomic mass is 9.98. The Bertz CT molecular complexity index is 342. The second-order valence-electron chi connectivity index (χ2n) is 5.67. The summed E-state index contributed by atoms with van der Waals surface area (Å²) in [6, 6.07) is 0.470. The van der Waals surface area contributed by atoms with Gasteiger partial charge in [0.1, 0.15) is 0 Å². The summed E-state index contributed by atoms with van der Waals surface area (Å²) in [6.45, 7) is 10.0. The predicted molar refractivity (Wildman–Crippen MR) is 77.7 cm³/mol. The van der Waals surface area contributed by atoms with Gasteiger partial charge >= 0.3 is 0 Å². The van der Waals surface area contributed by atoms with Gasteiger partial charge in [0.15, 0.2) is 0 Å². The number of hydrogen-bond donors (Lipinski definition) is 1. The molecule has 1 atom stereocenters. The van der Waals surface area contributed by atoms with Crippen molar-refractivity contribution in [3.8, 4) is 0 Å². The summed E-state index contributed by atoms with van der Waals surface area (Å²) in [5, 5.41) is 8.12. The quantitative estimate of drug-likeness (QED) is 0.765. The molecule has 0 aromatic carbocycles. The van der Waals surface area contributed by atoms with E-state index in [1.165, 1.54) is 31.2 Å². The van der Waals surface area contributed by atoms with Crippen LogP contribution in [0.15, 0.2) is 6.20 Å². The van der Waals surface area contributed by atoms with Crippen LogP contribution in [0.5, 0.6) is 0 Å². The molecule has 0 aliphatic carbocycles. The fraction of sp³-hybridized carbons (Fsp3) is 0.800. The van der Waals surface area contributed by atoms with Crippen LogP contribution in [0.3, 0.4) is 0 Å². The smallest absolute Gasteiger partial charge is 0.0641 e. The Hall–Kier alpha value is -0.830. The predicted octanol–water partition coefficient (Wildman–Crippen LogP) is 3.60. The molecule has 18 heavy (non-hydrogen) atoms. The van der Waals surface area contributed by atoms with Crippen LogP contribution in [0, 0.1) is 12.8 Å². The van der Waals surface area contributed by atoms with Gasteiger partial charge in [-0.3, -0.25) is 4.68 Å². The standard InChI is InChI=1S/C15H29N3/c1-6-10-16-15(9-7-8-12(2)3)14-11-18(5)17-13(14)4/h11-12,15-16H,6-10H2,1-5H3. The van der Waals surface area contributed by atoms with E-state index in [-0.39, 0.29) is 0 Å². The van der Waals surface area contributed by atoms with Crippen molar-refractivity contribution in [2.24, 2.45) is 13.0 Å². The normalized spacial score (nSPS) is 13.2. The van der Waals surface area contributed by atoms with Crippen LogP contribution in [0.4, 0.5) is 0 Å². The lowest BCUT2D eigenvalue weighted by Gasteiger charge is -2.18. The Kier molecular flexibility index (Phi) is 6.41. The topological polar surface area (TPSA) is 29.9 Å². The van der Waals surface area contributed by atoms with E-state index in [4.69, 9.17) is 0 Å². The van der Waals surface area contributed by atoms with E-state index in [0.717, 1.165) is 18.2 Å². The molecule has 0 spiro atoms. The van der Waals surface area contributed by atoms with Crippen molar-refractivity contribution in [1.29, 1.82) is 0 Å². The second-order valence-corrected chi connectivity index (χ2v) is 5.67. The highest BCUT2D eigenvalue weighted by Crippen LogP contribution is 2.23. The highest BCUT2D eigenvalue weighted by Gasteiger charge is 2.15. The Morgan fingerprint density at radius 2 is 2.06 bits per heavy atom. The van der Waals surface area contributed by atoms with E-state index in [9.17, 15) is 0 Å². The van der Waals surface area contributed by atoms with Gasteiger partial charge in [0.2, 0.25) is 0 Å². The van der Waals surface area contributed by atoms with Gasteiger partial charge in [0.05, 0.1) is 5.69 Å². The molecule has 0 radical (unpaired) electrons. The monoisotopic (exact) mass is 251 g/mol. The van der Waals surface area contributed by atoms with E-state index in [0.29, 0.717) is 6.04 Å². The van der Waals surface area contributed by atoms with E-state index in [1.807, 2.05) is 11.7 Å². The molecule has 1 rings (SSSR count). The van der Waals surface area contributed by atoms with Crippen LogP contribution < -0.4 is 5.32 Å². The zero-order valence-electron chi connectivity index (χ0n) is 12.7. The first-order chi connectivity index (χ1) is 8.54. The fourth-order valence-electron chi connectivity index (χ4n) is 2.38. The molecule has 3 heteroatoms. The minimum Gasteiger partial charge on any atom is -0.310 e. The second kappa shape index (κ2) is 7.57. The van der Waals surface area contributed by atoms with Crippen LogP contribution >= 0.6 is 0 Å². The molecule has 0 bridgehead atoms. The third-order valence-electron chi connectivity index (χ3n) is 3.34. The molecule has 0 fully saturated rings. The summed E-state index contributed by atoms with van der Waals surface area (Å²) in [5.74, 6) is 0.798. The number of nitrogens with zero attached hydrogens (tertiary/aromatic N) is 2. The van der Waals surface area contributed by atoms with Gasteiger partial charge in [-0.15, -0.1) is 0 Å². The zero-order valence-corrected chi connectivity index (χ0v) is 12.7. The van der Waals surface area contributed by atoms with Crippen molar-refractivity contribution >= 4 is 0 Å². The molecule has 1 aromatic rings. The van der Waals surface area contributed by atoms with Gasteiger partial charge in [0, 0.05) is 24.8 Å². The summed E-state index contributed by atoms with van der Waals surface area (Å²) in [7, 11) is 2.00. The summed E-state index contributed by atoms with van der Waals surface area (Å²) in [4.78, 5) is 0. The van der Waals surface area contributed by atoms with E-state index in [2.05, 4.69) is 44.3 Å². The van der Waals surface area contributed by atoms with Crippen LogP contribution in [-0.4, -0.2) is 16.3 Å². The van der Waals surface area contributed by atoms with Gasteiger partial charge in [0.25, 0.3) is 0 Å². The first-order valence-electron chi connectivity index (χ1n) is 7.28. The summed E-state index contributed by atoms with van der Waals surface area (Å²) >= 11 is 0. The molecule has 3 nitrogen and oxygen atoms in total. The molecule has 0 aliphatic rings. The SMILES string of the molecule is CCCNC(CCCC(C)C)c1cn(C)nc1C. The van der Waals surface area contributed by atoms with Crippen molar-refractivity contribution in [2.75, 3.05) is 6.54 Å². The maximum atomic E-state index is 4.46. The molecule has 0 aliphatic heterocycles. The molecule has 0 saturated carbocycles. The van der Waals surface area contributed by atoms with Crippen molar-refractivity contribution in [1.82, 2.24) is 15.1 Å². The van der Waals surface area contributed by atoms with Crippen molar-refractivity contribution in [3.05, 3.63) is 17.5 Å². The number of nitrogens with one attached hydrogen (secondary N) is 1. The molecular formula is C15H29N3. The number of rotatable bonds is 8. The Morgan fingerprint density at radius 1 is 1.33 bits per heavy atom. The largest absolute Gasteiger partial charge is 0.310 e. The van der Waals surface area contributed by atoms with Crippen molar-refractivity contribution in [3.63, 3.8) is 0 Å². The molecule has 1 N–H and O–H groups in total. The first-order valence-corrected chi connectivity index (χ1v) is 7.28. The van der Waals surface area contributed by atoms with Crippen LogP contribution in [0.1, 0.15) is 63.8 Å². The highest BCUT2D eigenvalue weighted by molar-refractivity contribution is 5.20. The van der Waals surface area contributed by atoms with Gasteiger partial charge < -0.3 is 5.32 Å². The molecule has 0 amide bonds. The minimum atomic E-state index is 0.470. The molecular weight excluding hydrogens is 222 g/mol. The lowest BCUT2D eigenvalue weighted by Crippen LogP contribution is -2.22. The van der Waals surface area contributed by atoms with Crippen LogP contribution in [0.25, 0.3) is 0 Å². The Morgan fingerprint density at radius 3 is 2.56 bits per heavy atom. The first kappa shape index (κ1) is 15.2. The number of aryl methyl sites for hydroxylation is 2. The van der Waals surface area contributed by atoms with E-state index in [1.54, 1.807) is 0 Å². The molecule has 1 heterocycles. The van der Waals surface area contributed by atoms with E-state index >= 15 is 0 Å². The Balaban J connectivity index is 2.62.